The number of halogens is 1. The van der Waals surface area contributed by atoms with E-state index in [1.807, 2.05) is 42.7 Å². The van der Waals surface area contributed by atoms with Crippen molar-refractivity contribution in [1.82, 2.24) is 30.4 Å². The van der Waals surface area contributed by atoms with Gasteiger partial charge in [-0.15, -0.1) is 21.5 Å². The van der Waals surface area contributed by atoms with Crippen LogP contribution in [-0.2, 0) is 33.8 Å². The van der Waals surface area contributed by atoms with Crippen LogP contribution < -0.4 is 15.4 Å². The highest BCUT2D eigenvalue weighted by atomic mass is 35.5. The molecule has 0 saturated heterocycles. The first-order valence-corrected chi connectivity index (χ1v) is 23.9. The minimum Gasteiger partial charge on any atom is -0.377 e. The highest BCUT2D eigenvalue weighted by Crippen LogP contribution is 2.39. The molecule has 3 aromatic carbocycles. The van der Waals surface area contributed by atoms with Crippen LogP contribution in [0.3, 0.4) is 0 Å². The van der Waals surface area contributed by atoms with Crippen molar-refractivity contribution in [2.24, 2.45) is 4.99 Å². The van der Waals surface area contributed by atoms with E-state index < -0.39 is 16.1 Å². The number of sulfonamides is 1. The number of ether oxygens (including phenoxy) is 4. The summed E-state index contributed by atoms with van der Waals surface area (Å²) in [5, 5.41) is 26.2. The number of amides is 2. The molecule has 4 heterocycles. The molecule has 1 aliphatic rings. The van der Waals surface area contributed by atoms with E-state index in [2.05, 4.69) is 50.5 Å². The standard InChI is InChI=1S/C46H50ClN9O8S2/c1-28-5-14-37(43-40(28)34(26-48)27-51-43)55-66(59,60)36-12-8-33(9-13-36)45(58)50-16-18-62-20-22-64-24-23-63-21-19-61-17-15-49-39(57)25-38-44-54-53-31(4)56(44)46-41(29(2)30(3)65-46)42(52-38)32-6-10-35(47)11-7-32/h5-14,27,38,51,55H,15-25H2,1-4H3,(H,49,57)(H,50,58)/t38-/m0/s1. The van der Waals surface area contributed by atoms with Crippen LogP contribution in [0.5, 0.6) is 0 Å². The highest BCUT2D eigenvalue weighted by Gasteiger charge is 2.32. The maximum Gasteiger partial charge on any atom is 0.261 e. The summed E-state index contributed by atoms with van der Waals surface area (Å²) < 4.78 is 53.2. The molecule has 0 bridgehead atoms. The van der Waals surface area contributed by atoms with Crippen molar-refractivity contribution >= 4 is 67.1 Å². The van der Waals surface area contributed by atoms with Crippen molar-refractivity contribution in [2.75, 3.05) is 70.7 Å². The van der Waals surface area contributed by atoms with Crippen molar-refractivity contribution in [3.63, 3.8) is 0 Å². The van der Waals surface area contributed by atoms with Crippen molar-refractivity contribution in [3.05, 3.63) is 122 Å². The number of aromatic nitrogens is 4. The molecule has 20 heteroatoms. The fourth-order valence-corrected chi connectivity index (χ4v) is 9.74. The topological polar surface area (TPSA) is 224 Å². The molecule has 0 aliphatic carbocycles. The van der Waals surface area contributed by atoms with Crippen LogP contribution in [0.1, 0.15) is 67.2 Å². The third kappa shape index (κ3) is 11.3. The van der Waals surface area contributed by atoms with Gasteiger partial charge in [-0.1, -0.05) is 29.8 Å². The van der Waals surface area contributed by atoms with E-state index in [-0.39, 0.29) is 36.3 Å². The van der Waals surface area contributed by atoms with E-state index in [0.29, 0.717) is 91.4 Å². The molecular formula is C46H50ClN9O8S2. The lowest BCUT2D eigenvalue weighted by atomic mass is 9.99. The van der Waals surface area contributed by atoms with Gasteiger partial charge in [0.2, 0.25) is 5.91 Å². The molecule has 0 spiro atoms. The van der Waals surface area contributed by atoms with Gasteiger partial charge in [0, 0.05) is 51.3 Å². The Balaban J connectivity index is 0.728. The summed E-state index contributed by atoms with van der Waals surface area (Å²) in [5.74, 6) is 0.789. The maximum absolute atomic E-state index is 13.2. The van der Waals surface area contributed by atoms with Gasteiger partial charge in [-0.25, -0.2) is 8.42 Å². The second-order valence-corrected chi connectivity index (χ2v) is 18.6. The summed E-state index contributed by atoms with van der Waals surface area (Å²) in [6, 6.07) is 18.1. The number of H-pyrrole nitrogens is 1. The van der Waals surface area contributed by atoms with Gasteiger partial charge in [-0.05, 0) is 81.3 Å². The Bertz CT molecular complexity index is 2870. The molecule has 1 aliphatic heterocycles. The summed E-state index contributed by atoms with van der Waals surface area (Å²) in [7, 11) is -3.98. The predicted molar refractivity (Wildman–Crippen MR) is 252 cm³/mol. The van der Waals surface area contributed by atoms with Crippen molar-refractivity contribution in [3.8, 4) is 11.1 Å². The molecule has 0 radical (unpaired) electrons. The number of carbonyl (C=O) groups is 2. The first-order chi connectivity index (χ1) is 31.9. The summed E-state index contributed by atoms with van der Waals surface area (Å²) in [5.41, 5.74) is 6.21. The quantitative estimate of drug-likeness (QED) is 0.0556. The molecule has 3 aromatic heterocycles. The van der Waals surface area contributed by atoms with E-state index in [0.717, 1.165) is 38.8 Å². The van der Waals surface area contributed by atoms with Crippen molar-refractivity contribution < 1.29 is 37.0 Å². The lowest BCUT2D eigenvalue weighted by Gasteiger charge is -2.13. The minimum absolute atomic E-state index is 0.0192. The van der Waals surface area contributed by atoms with Crippen LogP contribution in [0.2, 0.25) is 5.02 Å². The number of aliphatic imine (C=N–C) groups is 1. The molecule has 0 unspecified atom stereocenters. The third-order valence-corrected chi connectivity index (χ3v) is 13.6. The van der Waals surface area contributed by atoms with E-state index in [1.165, 1.54) is 29.1 Å². The molecule has 7 rings (SSSR count). The van der Waals surface area contributed by atoms with Crippen LogP contribution in [0, 0.1) is 39.0 Å². The molecule has 0 saturated carbocycles. The summed E-state index contributed by atoms with van der Waals surface area (Å²) in [4.78, 5) is 35.1. The van der Waals surface area contributed by atoms with Crippen LogP contribution >= 0.6 is 22.9 Å². The Morgan fingerprint density at radius 3 is 2.14 bits per heavy atom. The van der Waals surface area contributed by atoms with E-state index in [9.17, 15) is 23.3 Å². The first-order valence-electron chi connectivity index (χ1n) is 21.2. The Kier molecular flexibility index (Phi) is 16.0. The van der Waals surface area contributed by atoms with Crippen LogP contribution in [0.15, 0.2) is 76.7 Å². The molecule has 4 N–H and O–H groups in total. The smallest absolute Gasteiger partial charge is 0.261 e. The average molecular weight is 957 g/mol. The number of fused-ring (bicyclic) bond motifs is 4. The molecular weight excluding hydrogens is 906 g/mol. The SMILES string of the molecule is Cc1sc2c(c1C)C(c1ccc(Cl)cc1)=N[C@@H](CC(=O)NCCOCCOCCOCCOCCNC(=O)c1ccc(S(=O)(=O)Nc3ccc(C)c4c(C#N)c[nH]c34)cc1)c1nnc(C)n1-2. The Hall–Kier alpha value is -5.98. The van der Waals surface area contributed by atoms with Gasteiger partial charge >= 0.3 is 0 Å². The molecule has 66 heavy (non-hydrogen) atoms. The highest BCUT2D eigenvalue weighted by molar-refractivity contribution is 7.92. The number of anilines is 1. The van der Waals surface area contributed by atoms with Gasteiger partial charge < -0.3 is 34.6 Å². The molecule has 6 aromatic rings. The molecule has 17 nitrogen and oxygen atoms in total. The number of aromatic amines is 1. The number of rotatable bonds is 22. The fourth-order valence-electron chi connectivity index (χ4n) is 7.33. The second kappa shape index (κ2) is 22.0. The van der Waals surface area contributed by atoms with Crippen LogP contribution in [0.25, 0.3) is 15.9 Å². The van der Waals surface area contributed by atoms with Gasteiger partial charge in [0.25, 0.3) is 15.9 Å². The van der Waals surface area contributed by atoms with Gasteiger partial charge in [-0.2, -0.15) is 5.26 Å². The summed E-state index contributed by atoms with van der Waals surface area (Å²) in [6.45, 7) is 11.2. The number of nitrogens with one attached hydrogen (secondary N) is 4. The molecule has 0 fully saturated rings. The number of benzene rings is 3. The number of nitrogens with zero attached hydrogens (tertiary/aromatic N) is 5. The fraction of sp³-hybridized carbons (Fsp3) is 0.348. The normalized spacial score (nSPS) is 13.4. The van der Waals surface area contributed by atoms with E-state index in [4.69, 9.17) is 35.5 Å². The Morgan fingerprint density at radius 1 is 0.848 bits per heavy atom. The van der Waals surface area contributed by atoms with E-state index >= 15 is 0 Å². The van der Waals surface area contributed by atoms with Crippen molar-refractivity contribution in [1.29, 1.82) is 5.26 Å². The molecule has 2 amide bonds. The Labute approximate surface area is 391 Å². The summed E-state index contributed by atoms with van der Waals surface area (Å²) >= 11 is 7.87. The molecule has 1 atom stereocenters. The Morgan fingerprint density at radius 2 is 1.48 bits per heavy atom. The predicted octanol–water partition coefficient (Wildman–Crippen LogP) is 6.26. The van der Waals surface area contributed by atoms with Crippen LogP contribution in [-0.4, -0.2) is 112 Å². The lowest BCUT2D eigenvalue weighted by Crippen LogP contribution is -2.29. The molecule has 346 valence electrons. The maximum atomic E-state index is 13.2. The van der Waals surface area contributed by atoms with Crippen molar-refractivity contribution in [2.45, 2.75) is 45.1 Å². The largest absolute Gasteiger partial charge is 0.377 e. The van der Waals surface area contributed by atoms with Crippen LogP contribution in [0.4, 0.5) is 5.69 Å². The number of hydrogen-bond donors (Lipinski definition) is 4. The number of thiophene rings is 1. The first kappa shape index (κ1) is 48.0. The average Bonchev–Trinajstić information content (AvgIpc) is 3.98. The zero-order valence-corrected chi connectivity index (χ0v) is 39.3. The second-order valence-electron chi connectivity index (χ2n) is 15.3. The number of nitriles is 1. The van der Waals surface area contributed by atoms with Gasteiger partial charge in [-0.3, -0.25) is 23.9 Å². The lowest BCUT2D eigenvalue weighted by molar-refractivity contribution is -0.121. The van der Waals surface area contributed by atoms with E-state index in [1.54, 1.807) is 29.7 Å². The zero-order valence-electron chi connectivity index (χ0n) is 36.9. The van der Waals surface area contributed by atoms with Gasteiger partial charge in [0.1, 0.15) is 22.9 Å². The number of aryl methyl sites for hydroxylation is 3. The summed E-state index contributed by atoms with van der Waals surface area (Å²) in [6.07, 6.45) is 1.62. The van der Waals surface area contributed by atoms with Gasteiger partial charge in [0.15, 0.2) is 5.82 Å². The zero-order chi connectivity index (χ0) is 46.8. The van der Waals surface area contributed by atoms with Gasteiger partial charge in [0.05, 0.1) is 86.7 Å². The number of carbonyl (C=O) groups excluding carboxylic acids is 2. The minimum atomic E-state index is -3.98. The number of hydrogen-bond acceptors (Lipinski definition) is 13. The third-order valence-electron chi connectivity index (χ3n) is 10.8. The monoisotopic (exact) mass is 955 g/mol.